The zero-order valence-electron chi connectivity index (χ0n) is 10.5. The molecule has 0 aliphatic carbocycles. The van der Waals surface area contributed by atoms with Crippen LogP contribution in [0, 0.1) is 3.57 Å². The number of fused-ring (bicyclic) bond motifs is 1. The second kappa shape index (κ2) is 5.13. The van der Waals surface area contributed by atoms with Crippen LogP contribution < -0.4 is 5.73 Å². The molecule has 0 aliphatic rings. The molecule has 1 aromatic carbocycles. The molecule has 0 aliphatic heterocycles. The Morgan fingerprint density at radius 3 is 3.00 bits per heavy atom. The van der Waals surface area contributed by atoms with Crippen molar-refractivity contribution in [2.45, 2.75) is 19.4 Å². The average Bonchev–Trinajstić information content (AvgIpc) is 2.95. The highest BCUT2D eigenvalue weighted by atomic mass is 127. The van der Waals surface area contributed by atoms with E-state index in [1.807, 2.05) is 0 Å². The van der Waals surface area contributed by atoms with Crippen LogP contribution in [0.5, 0.6) is 0 Å². The van der Waals surface area contributed by atoms with Gasteiger partial charge in [-0.15, -0.1) is 0 Å². The van der Waals surface area contributed by atoms with E-state index in [9.17, 15) is 0 Å². The van der Waals surface area contributed by atoms with Gasteiger partial charge >= 0.3 is 0 Å². The smallest absolute Gasteiger partial charge is 0.201 e. The van der Waals surface area contributed by atoms with Gasteiger partial charge in [0, 0.05) is 9.61 Å². The van der Waals surface area contributed by atoms with E-state index < -0.39 is 0 Å². The Balaban J connectivity index is 2.01. The maximum absolute atomic E-state index is 6.09. The standard InChI is InChI=1S/C14H14IN3S/c1-9(6-10-4-5-19-8-10)18-13-3-2-11(15)7-12(13)17-14(18)16/h2-5,7-9H,6H2,1H3,(H2,16,17). The molecule has 0 spiro atoms. The first-order valence-electron chi connectivity index (χ1n) is 6.09. The van der Waals surface area contributed by atoms with Crippen LogP contribution in [-0.2, 0) is 6.42 Å². The fourth-order valence-electron chi connectivity index (χ4n) is 2.39. The van der Waals surface area contributed by atoms with Crippen molar-refractivity contribution in [2.75, 3.05) is 5.73 Å². The van der Waals surface area contributed by atoms with E-state index in [1.165, 1.54) is 9.13 Å². The van der Waals surface area contributed by atoms with E-state index in [-0.39, 0.29) is 0 Å². The number of aromatic nitrogens is 2. The van der Waals surface area contributed by atoms with Crippen LogP contribution in [0.3, 0.4) is 0 Å². The molecule has 2 heterocycles. The zero-order chi connectivity index (χ0) is 13.4. The maximum atomic E-state index is 6.09. The third-order valence-electron chi connectivity index (χ3n) is 3.23. The molecule has 1 unspecified atom stereocenters. The summed E-state index contributed by atoms with van der Waals surface area (Å²) in [5.41, 5.74) is 9.52. The molecule has 0 bridgehead atoms. The van der Waals surface area contributed by atoms with E-state index in [0.717, 1.165) is 17.5 Å². The molecule has 0 radical (unpaired) electrons. The number of benzene rings is 1. The van der Waals surface area contributed by atoms with Crippen molar-refractivity contribution >= 4 is 50.9 Å². The molecular formula is C14H14IN3S. The van der Waals surface area contributed by atoms with Crippen LogP contribution >= 0.6 is 33.9 Å². The van der Waals surface area contributed by atoms with Crippen LogP contribution in [-0.4, -0.2) is 9.55 Å². The molecule has 0 saturated heterocycles. The highest BCUT2D eigenvalue weighted by Crippen LogP contribution is 2.26. The molecule has 0 saturated carbocycles. The molecule has 3 aromatic rings. The Bertz CT molecular complexity index is 703. The minimum absolute atomic E-state index is 0.305. The summed E-state index contributed by atoms with van der Waals surface area (Å²) >= 11 is 4.03. The Morgan fingerprint density at radius 1 is 1.42 bits per heavy atom. The number of hydrogen-bond donors (Lipinski definition) is 1. The number of nitrogen functional groups attached to an aromatic ring is 1. The van der Waals surface area contributed by atoms with E-state index >= 15 is 0 Å². The first-order chi connectivity index (χ1) is 9.15. The van der Waals surface area contributed by atoms with Gasteiger partial charge in [0.2, 0.25) is 5.95 Å². The lowest BCUT2D eigenvalue weighted by Gasteiger charge is -2.15. The van der Waals surface area contributed by atoms with Gasteiger partial charge in [-0.25, -0.2) is 4.98 Å². The van der Waals surface area contributed by atoms with Gasteiger partial charge in [-0.2, -0.15) is 11.3 Å². The number of halogens is 1. The number of anilines is 1. The summed E-state index contributed by atoms with van der Waals surface area (Å²) in [6.45, 7) is 2.19. The molecule has 98 valence electrons. The molecule has 0 amide bonds. The average molecular weight is 383 g/mol. The Hall–Kier alpha value is -1.08. The zero-order valence-corrected chi connectivity index (χ0v) is 13.5. The van der Waals surface area contributed by atoms with Gasteiger partial charge in [0.25, 0.3) is 0 Å². The second-order valence-corrected chi connectivity index (χ2v) is 6.68. The SMILES string of the molecule is CC(Cc1ccsc1)n1c(N)nc2cc(I)ccc21. The first kappa shape index (κ1) is 12.9. The van der Waals surface area contributed by atoms with Crippen molar-refractivity contribution in [3.05, 3.63) is 44.2 Å². The molecular weight excluding hydrogens is 369 g/mol. The van der Waals surface area contributed by atoms with Crippen molar-refractivity contribution in [2.24, 2.45) is 0 Å². The maximum Gasteiger partial charge on any atom is 0.201 e. The van der Waals surface area contributed by atoms with E-state index in [0.29, 0.717) is 12.0 Å². The fourth-order valence-corrected chi connectivity index (χ4v) is 3.55. The summed E-state index contributed by atoms with van der Waals surface area (Å²) in [7, 11) is 0. The summed E-state index contributed by atoms with van der Waals surface area (Å²) < 4.78 is 3.31. The minimum atomic E-state index is 0.305. The van der Waals surface area contributed by atoms with E-state index in [2.05, 4.69) is 74.1 Å². The van der Waals surface area contributed by atoms with Crippen LogP contribution in [0.1, 0.15) is 18.5 Å². The third kappa shape index (κ3) is 2.49. The van der Waals surface area contributed by atoms with Gasteiger partial charge in [-0.1, -0.05) is 0 Å². The van der Waals surface area contributed by atoms with Crippen molar-refractivity contribution in [1.29, 1.82) is 0 Å². The Kier molecular flexibility index (Phi) is 3.49. The number of nitrogens with two attached hydrogens (primary N) is 1. The molecule has 2 N–H and O–H groups in total. The van der Waals surface area contributed by atoms with Crippen molar-refractivity contribution in [3.63, 3.8) is 0 Å². The number of hydrogen-bond acceptors (Lipinski definition) is 3. The largest absolute Gasteiger partial charge is 0.369 e. The number of rotatable bonds is 3. The van der Waals surface area contributed by atoms with Crippen LogP contribution in [0.2, 0.25) is 0 Å². The fraction of sp³-hybridized carbons (Fsp3) is 0.214. The van der Waals surface area contributed by atoms with Crippen LogP contribution in [0.15, 0.2) is 35.0 Å². The summed E-state index contributed by atoms with van der Waals surface area (Å²) in [5.74, 6) is 0.597. The van der Waals surface area contributed by atoms with Crippen molar-refractivity contribution < 1.29 is 0 Å². The van der Waals surface area contributed by atoms with Crippen molar-refractivity contribution in [1.82, 2.24) is 9.55 Å². The highest BCUT2D eigenvalue weighted by Gasteiger charge is 2.14. The number of imidazole rings is 1. The van der Waals surface area contributed by atoms with E-state index in [1.54, 1.807) is 11.3 Å². The predicted molar refractivity (Wildman–Crippen MR) is 89.6 cm³/mol. The molecule has 5 heteroatoms. The normalized spacial score (nSPS) is 12.9. The van der Waals surface area contributed by atoms with Crippen molar-refractivity contribution in [3.8, 4) is 0 Å². The second-order valence-electron chi connectivity index (χ2n) is 4.66. The van der Waals surface area contributed by atoms with Crippen LogP contribution in [0.4, 0.5) is 5.95 Å². The predicted octanol–water partition coefficient (Wildman–Crippen LogP) is 4.09. The van der Waals surface area contributed by atoms with Crippen LogP contribution in [0.25, 0.3) is 11.0 Å². The van der Waals surface area contributed by atoms with Gasteiger partial charge in [-0.3, -0.25) is 0 Å². The molecule has 2 aromatic heterocycles. The molecule has 3 rings (SSSR count). The summed E-state index contributed by atoms with van der Waals surface area (Å²) in [5, 5.41) is 4.30. The van der Waals surface area contributed by atoms with Gasteiger partial charge in [0.1, 0.15) is 0 Å². The Labute approximate surface area is 129 Å². The highest BCUT2D eigenvalue weighted by molar-refractivity contribution is 14.1. The summed E-state index contributed by atoms with van der Waals surface area (Å²) in [6, 6.07) is 8.74. The lowest BCUT2D eigenvalue weighted by molar-refractivity contribution is 0.567. The molecule has 1 atom stereocenters. The lowest BCUT2D eigenvalue weighted by Crippen LogP contribution is -2.11. The minimum Gasteiger partial charge on any atom is -0.369 e. The number of thiophene rings is 1. The van der Waals surface area contributed by atoms with E-state index in [4.69, 9.17) is 5.73 Å². The first-order valence-corrected chi connectivity index (χ1v) is 8.11. The topological polar surface area (TPSA) is 43.8 Å². The van der Waals surface area contributed by atoms with Gasteiger partial charge < -0.3 is 10.3 Å². The Morgan fingerprint density at radius 2 is 2.26 bits per heavy atom. The molecule has 19 heavy (non-hydrogen) atoms. The summed E-state index contributed by atoms with van der Waals surface area (Å²) in [4.78, 5) is 4.46. The quantitative estimate of drug-likeness (QED) is 0.693. The van der Waals surface area contributed by atoms with Gasteiger partial charge in [0.05, 0.1) is 11.0 Å². The molecule has 3 nitrogen and oxygen atoms in total. The summed E-state index contributed by atoms with van der Waals surface area (Å²) in [6.07, 6.45) is 0.977. The lowest BCUT2D eigenvalue weighted by atomic mass is 10.1. The monoisotopic (exact) mass is 383 g/mol. The van der Waals surface area contributed by atoms with Gasteiger partial charge in [0.15, 0.2) is 0 Å². The third-order valence-corrected chi connectivity index (χ3v) is 4.63. The molecule has 0 fully saturated rings. The van der Waals surface area contributed by atoms with Gasteiger partial charge in [-0.05, 0) is 76.5 Å². The number of nitrogens with zero attached hydrogens (tertiary/aromatic N) is 2.